The number of nitrogens with one attached hydrogen (secondary N) is 1. The molecule has 1 aromatic carbocycles. The predicted octanol–water partition coefficient (Wildman–Crippen LogP) is 4.04. The molecular formula is C14H18BrNO3. The van der Waals surface area contributed by atoms with E-state index >= 15 is 0 Å². The molecule has 2 rings (SSSR count). The highest BCUT2D eigenvalue weighted by Crippen LogP contribution is 2.41. The second kappa shape index (κ2) is 5.04. The molecule has 0 fully saturated rings. The van der Waals surface area contributed by atoms with Crippen molar-refractivity contribution >= 4 is 27.7 Å². The van der Waals surface area contributed by atoms with Gasteiger partial charge in [-0.1, -0.05) is 6.07 Å². The molecule has 1 aromatic rings. The Balaban J connectivity index is 2.28. The van der Waals surface area contributed by atoms with Gasteiger partial charge in [0, 0.05) is 16.5 Å². The maximum absolute atomic E-state index is 11.9. The van der Waals surface area contributed by atoms with E-state index in [-0.39, 0.29) is 0 Å². The topological polar surface area (TPSA) is 47.6 Å². The van der Waals surface area contributed by atoms with Gasteiger partial charge in [-0.2, -0.15) is 0 Å². The van der Waals surface area contributed by atoms with E-state index in [4.69, 9.17) is 9.47 Å². The molecule has 1 aliphatic rings. The first-order chi connectivity index (χ1) is 8.78. The van der Waals surface area contributed by atoms with E-state index in [9.17, 15) is 4.79 Å². The van der Waals surface area contributed by atoms with Gasteiger partial charge in [0.15, 0.2) is 0 Å². The normalized spacial score (nSPS) is 13.7. The van der Waals surface area contributed by atoms with Gasteiger partial charge < -0.3 is 9.47 Å². The zero-order valence-electron chi connectivity index (χ0n) is 11.6. The molecule has 0 unspecified atom stereocenters. The molecule has 0 saturated heterocycles. The number of aryl methyl sites for hydroxylation is 1. The van der Waals surface area contributed by atoms with E-state index in [1.165, 1.54) is 0 Å². The van der Waals surface area contributed by atoms with Crippen LogP contribution in [0.4, 0.5) is 10.5 Å². The average molecular weight is 328 g/mol. The standard InChI is InChI=1S/C14H18BrNO3/c1-8-7-9-5-6-18-12(9)11(10(8)15)16-13(17)19-14(2,3)4/h7H,5-6H2,1-4H3,(H,16,17). The van der Waals surface area contributed by atoms with Crippen LogP contribution in [0.3, 0.4) is 0 Å². The molecule has 5 heteroatoms. The fourth-order valence-electron chi connectivity index (χ4n) is 1.98. The van der Waals surface area contributed by atoms with Crippen LogP contribution in [0.15, 0.2) is 10.5 Å². The van der Waals surface area contributed by atoms with E-state index in [0.29, 0.717) is 12.3 Å². The summed E-state index contributed by atoms with van der Waals surface area (Å²) in [5.74, 6) is 0.739. The number of anilines is 1. The zero-order chi connectivity index (χ0) is 14.2. The quantitative estimate of drug-likeness (QED) is 0.846. The lowest BCUT2D eigenvalue weighted by molar-refractivity contribution is 0.0635. The van der Waals surface area contributed by atoms with E-state index in [0.717, 1.165) is 27.8 Å². The second-order valence-electron chi connectivity index (χ2n) is 5.60. The van der Waals surface area contributed by atoms with Crippen molar-refractivity contribution in [2.75, 3.05) is 11.9 Å². The minimum absolute atomic E-state index is 0.475. The summed E-state index contributed by atoms with van der Waals surface area (Å²) in [6, 6.07) is 2.08. The number of ether oxygens (including phenoxy) is 2. The zero-order valence-corrected chi connectivity index (χ0v) is 13.2. The Morgan fingerprint density at radius 2 is 2.16 bits per heavy atom. The van der Waals surface area contributed by atoms with Gasteiger partial charge in [0.2, 0.25) is 0 Å². The molecule has 104 valence electrons. The van der Waals surface area contributed by atoms with Crippen molar-refractivity contribution in [1.29, 1.82) is 0 Å². The lowest BCUT2D eigenvalue weighted by atomic mass is 10.1. The number of fused-ring (bicyclic) bond motifs is 1. The molecule has 0 saturated carbocycles. The van der Waals surface area contributed by atoms with Crippen molar-refractivity contribution < 1.29 is 14.3 Å². The maximum atomic E-state index is 11.9. The highest BCUT2D eigenvalue weighted by atomic mass is 79.9. The number of amides is 1. The van der Waals surface area contributed by atoms with E-state index < -0.39 is 11.7 Å². The minimum Gasteiger partial charge on any atom is -0.491 e. The van der Waals surface area contributed by atoms with Crippen LogP contribution in [0.2, 0.25) is 0 Å². The van der Waals surface area contributed by atoms with E-state index in [1.807, 2.05) is 27.7 Å². The molecule has 0 radical (unpaired) electrons. The fourth-order valence-corrected chi connectivity index (χ4v) is 2.37. The van der Waals surface area contributed by atoms with Crippen molar-refractivity contribution in [3.63, 3.8) is 0 Å². The Kier molecular flexibility index (Phi) is 3.76. The minimum atomic E-state index is -0.523. The van der Waals surface area contributed by atoms with Crippen molar-refractivity contribution in [1.82, 2.24) is 0 Å². The molecule has 1 amide bonds. The Labute approximate surface area is 121 Å². The Hall–Kier alpha value is -1.23. The van der Waals surface area contributed by atoms with Crippen molar-refractivity contribution in [3.8, 4) is 5.75 Å². The molecule has 0 spiro atoms. The molecule has 1 N–H and O–H groups in total. The van der Waals surface area contributed by atoms with Crippen LogP contribution >= 0.6 is 15.9 Å². The van der Waals surface area contributed by atoms with Gasteiger partial charge >= 0.3 is 6.09 Å². The molecule has 1 heterocycles. The molecule has 0 aromatic heterocycles. The number of benzene rings is 1. The van der Waals surface area contributed by atoms with Gasteiger partial charge in [0.1, 0.15) is 17.0 Å². The molecule has 0 aliphatic carbocycles. The summed E-state index contributed by atoms with van der Waals surface area (Å²) in [4.78, 5) is 11.9. The SMILES string of the molecule is Cc1cc2c(c(NC(=O)OC(C)(C)C)c1Br)OCC2. The Bertz CT molecular complexity index is 520. The third-order valence-corrected chi connectivity index (χ3v) is 3.74. The highest BCUT2D eigenvalue weighted by molar-refractivity contribution is 9.10. The van der Waals surface area contributed by atoms with Gasteiger partial charge in [-0.05, 0) is 49.2 Å². The van der Waals surface area contributed by atoms with Crippen LogP contribution in [0.5, 0.6) is 5.75 Å². The summed E-state index contributed by atoms with van der Waals surface area (Å²) in [6.07, 6.45) is 0.392. The predicted molar refractivity (Wildman–Crippen MR) is 77.9 cm³/mol. The summed E-state index contributed by atoms with van der Waals surface area (Å²) in [7, 11) is 0. The molecular weight excluding hydrogens is 310 g/mol. The average Bonchev–Trinajstić information content (AvgIpc) is 2.69. The first kappa shape index (κ1) is 14.2. The largest absolute Gasteiger partial charge is 0.491 e. The van der Waals surface area contributed by atoms with Crippen LogP contribution in [0.1, 0.15) is 31.9 Å². The van der Waals surface area contributed by atoms with Gasteiger partial charge in [-0.3, -0.25) is 5.32 Å². The van der Waals surface area contributed by atoms with Crippen LogP contribution in [-0.4, -0.2) is 18.3 Å². The maximum Gasteiger partial charge on any atom is 0.412 e. The van der Waals surface area contributed by atoms with Crippen LogP contribution in [-0.2, 0) is 11.2 Å². The summed E-state index contributed by atoms with van der Waals surface area (Å²) in [5, 5.41) is 2.77. The van der Waals surface area contributed by atoms with Gasteiger partial charge in [-0.25, -0.2) is 4.79 Å². The lowest BCUT2D eigenvalue weighted by Crippen LogP contribution is -2.27. The Morgan fingerprint density at radius 1 is 1.47 bits per heavy atom. The third kappa shape index (κ3) is 3.21. The first-order valence-electron chi connectivity index (χ1n) is 6.23. The number of halogens is 1. The van der Waals surface area contributed by atoms with Gasteiger partial charge in [0.05, 0.1) is 6.61 Å². The molecule has 0 bridgehead atoms. The van der Waals surface area contributed by atoms with Gasteiger partial charge in [-0.15, -0.1) is 0 Å². The summed E-state index contributed by atoms with van der Waals surface area (Å²) < 4.78 is 11.7. The molecule has 4 nitrogen and oxygen atoms in total. The Morgan fingerprint density at radius 3 is 2.79 bits per heavy atom. The van der Waals surface area contributed by atoms with Crippen LogP contribution in [0.25, 0.3) is 0 Å². The van der Waals surface area contributed by atoms with Crippen LogP contribution in [0, 0.1) is 6.92 Å². The summed E-state index contributed by atoms with van der Waals surface area (Å²) >= 11 is 3.49. The molecule has 19 heavy (non-hydrogen) atoms. The fraction of sp³-hybridized carbons (Fsp3) is 0.500. The molecule has 1 aliphatic heterocycles. The third-order valence-electron chi connectivity index (χ3n) is 2.72. The monoisotopic (exact) mass is 327 g/mol. The number of hydrogen-bond acceptors (Lipinski definition) is 3. The van der Waals surface area contributed by atoms with E-state index in [2.05, 4.69) is 27.3 Å². The summed E-state index contributed by atoms with van der Waals surface area (Å²) in [6.45, 7) is 8.13. The number of carbonyl (C=O) groups excluding carboxylic acids is 1. The first-order valence-corrected chi connectivity index (χ1v) is 7.02. The number of carbonyl (C=O) groups is 1. The van der Waals surface area contributed by atoms with E-state index in [1.54, 1.807) is 0 Å². The second-order valence-corrected chi connectivity index (χ2v) is 6.39. The van der Waals surface area contributed by atoms with Crippen molar-refractivity contribution in [2.45, 2.75) is 39.7 Å². The number of hydrogen-bond donors (Lipinski definition) is 1. The lowest BCUT2D eigenvalue weighted by Gasteiger charge is -2.21. The molecule has 0 atom stereocenters. The highest BCUT2D eigenvalue weighted by Gasteiger charge is 2.24. The summed E-state index contributed by atoms with van der Waals surface area (Å²) in [5.41, 5.74) is 2.31. The van der Waals surface area contributed by atoms with Crippen LogP contribution < -0.4 is 10.1 Å². The number of rotatable bonds is 1. The van der Waals surface area contributed by atoms with Crippen molar-refractivity contribution in [2.24, 2.45) is 0 Å². The smallest absolute Gasteiger partial charge is 0.412 e. The van der Waals surface area contributed by atoms with Crippen molar-refractivity contribution in [3.05, 3.63) is 21.7 Å². The van der Waals surface area contributed by atoms with Gasteiger partial charge in [0.25, 0.3) is 0 Å².